The predicted molar refractivity (Wildman–Crippen MR) is 69.3 cm³/mol. The van der Waals surface area contributed by atoms with E-state index in [1.165, 1.54) is 0 Å². The number of hydrogen-bond donors (Lipinski definition) is 2. The van der Waals surface area contributed by atoms with Crippen molar-refractivity contribution in [2.75, 3.05) is 20.3 Å². The molecule has 1 aromatic carbocycles. The SMILES string of the molecule is COCCNCc1ccc(OC(C)C(N)=O)cc1. The quantitative estimate of drug-likeness (QED) is 0.667. The van der Waals surface area contributed by atoms with Crippen LogP contribution in [0.3, 0.4) is 0 Å². The average molecular weight is 252 g/mol. The number of methoxy groups -OCH3 is 1. The Bertz CT molecular complexity index is 365. The smallest absolute Gasteiger partial charge is 0.258 e. The van der Waals surface area contributed by atoms with E-state index in [2.05, 4.69) is 5.32 Å². The zero-order valence-electron chi connectivity index (χ0n) is 10.8. The highest BCUT2D eigenvalue weighted by molar-refractivity contribution is 5.78. The number of ether oxygens (including phenoxy) is 2. The maximum atomic E-state index is 10.8. The zero-order valence-corrected chi connectivity index (χ0v) is 10.8. The summed E-state index contributed by atoms with van der Waals surface area (Å²) in [5.41, 5.74) is 6.27. The van der Waals surface area contributed by atoms with Gasteiger partial charge in [-0.15, -0.1) is 0 Å². The van der Waals surface area contributed by atoms with Crippen molar-refractivity contribution in [3.8, 4) is 5.75 Å². The first-order chi connectivity index (χ1) is 8.63. The van der Waals surface area contributed by atoms with Crippen LogP contribution < -0.4 is 15.8 Å². The standard InChI is InChI=1S/C13H20N2O3/c1-10(13(14)16)18-12-5-3-11(4-6-12)9-15-7-8-17-2/h3-6,10,15H,7-9H2,1-2H3,(H2,14,16). The topological polar surface area (TPSA) is 73.6 Å². The number of primary amides is 1. The van der Waals surface area contributed by atoms with Crippen molar-refractivity contribution in [1.29, 1.82) is 0 Å². The van der Waals surface area contributed by atoms with Crippen molar-refractivity contribution in [3.05, 3.63) is 29.8 Å². The molecule has 0 aliphatic heterocycles. The Morgan fingerprint density at radius 1 is 1.39 bits per heavy atom. The van der Waals surface area contributed by atoms with Gasteiger partial charge in [-0.1, -0.05) is 12.1 Å². The summed E-state index contributed by atoms with van der Waals surface area (Å²) in [6.07, 6.45) is -0.615. The zero-order chi connectivity index (χ0) is 13.4. The van der Waals surface area contributed by atoms with E-state index >= 15 is 0 Å². The molecule has 0 saturated heterocycles. The molecule has 100 valence electrons. The van der Waals surface area contributed by atoms with Crippen molar-refractivity contribution in [1.82, 2.24) is 5.32 Å². The molecule has 18 heavy (non-hydrogen) atoms. The Morgan fingerprint density at radius 3 is 2.61 bits per heavy atom. The summed E-state index contributed by atoms with van der Waals surface area (Å²) in [4.78, 5) is 10.8. The lowest BCUT2D eigenvalue weighted by atomic mass is 10.2. The monoisotopic (exact) mass is 252 g/mol. The summed E-state index contributed by atoms with van der Waals surface area (Å²) in [6, 6.07) is 7.55. The van der Waals surface area contributed by atoms with Gasteiger partial charge in [0.25, 0.3) is 5.91 Å². The van der Waals surface area contributed by atoms with Gasteiger partial charge in [0.2, 0.25) is 0 Å². The fourth-order valence-electron chi connectivity index (χ4n) is 1.36. The third-order valence-corrected chi connectivity index (χ3v) is 2.45. The van der Waals surface area contributed by atoms with Crippen LogP contribution in [0.25, 0.3) is 0 Å². The van der Waals surface area contributed by atoms with Crippen LogP contribution in [0.5, 0.6) is 5.75 Å². The Kier molecular flexibility index (Phi) is 6.18. The van der Waals surface area contributed by atoms with Crippen LogP contribution in [0.2, 0.25) is 0 Å². The third kappa shape index (κ3) is 5.16. The Labute approximate surface area is 107 Å². The maximum Gasteiger partial charge on any atom is 0.258 e. The molecule has 0 aliphatic rings. The van der Waals surface area contributed by atoms with Crippen LogP contribution in [0.15, 0.2) is 24.3 Å². The van der Waals surface area contributed by atoms with Crippen molar-refractivity contribution in [3.63, 3.8) is 0 Å². The summed E-state index contributed by atoms with van der Waals surface area (Å²) >= 11 is 0. The molecule has 0 radical (unpaired) electrons. The number of nitrogens with one attached hydrogen (secondary N) is 1. The molecule has 0 aliphatic carbocycles. The highest BCUT2D eigenvalue weighted by Crippen LogP contribution is 2.13. The summed E-state index contributed by atoms with van der Waals surface area (Å²) in [7, 11) is 1.67. The van der Waals surface area contributed by atoms with Crippen LogP contribution in [0, 0.1) is 0 Å². The van der Waals surface area contributed by atoms with E-state index in [9.17, 15) is 4.79 Å². The molecule has 0 heterocycles. The number of hydrogen-bond acceptors (Lipinski definition) is 4. The molecule has 0 aromatic heterocycles. The molecule has 1 amide bonds. The van der Waals surface area contributed by atoms with E-state index in [1.54, 1.807) is 14.0 Å². The number of rotatable bonds is 8. The molecule has 0 saturated carbocycles. The molecule has 1 atom stereocenters. The fraction of sp³-hybridized carbons (Fsp3) is 0.462. The molecule has 1 rings (SSSR count). The van der Waals surface area contributed by atoms with Gasteiger partial charge in [0.05, 0.1) is 6.61 Å². The van der Waals surface area contributed by atoms with Gasteiger partial charge in [-0.2, -0.15) is 0 Å². The number of benzene rings is 1. The van der Waals surface area contributed by atoms with E-state index in [4.69, 9.17) is 15.2 Å². The van der Waals surface area contributed by atoms with Crippen molar-refractivity contribution in [2.45, 2.75) is 19.6 Å². The molecule has 5 nitrogen and oxygen atoms in total. The lowest BCUT2D eigenvalue weighted by Gasteiger charge is -2.11. The molecular formula is C13H20N2O3. The molecule has 0 bridgehead atoms. The summed E-state index contributed by atoms with van der Waals surface area (Å²) in [5.74, 6) is 0.169. The average Bonchev–Trinajstić information content (AvgIpc) is 2.36. The minimum atomic E-state index is -0.615. The first-order valence-corrected chi connectivity index (χ1v) is 5.88. The lowest BCUT2D eigenvalue weighted by Crippen LogP contribution is -2.30. The van der Waals surface area contributed by atoms with Crippen LogP contribution in [0.1, 0.15) is 12.5 Å². The molecule has 0 fully saturated rings. The second-order valence-corrected chi connectivity index (χ2v) is 3.98. The van der Waals surface area contributed by atoms with Crippen LogP contribution in [0.4, 0.5) is 0 Å². The molecule has 1 aromatic rings. The van der Waals surface area contributed by atoms with Crippen molar-refractivity contribution < 1.29 is 14.3 Å². The van der Waals surface area contributed by atoms with E-state index in [-0.39, 0.29) is 0 Å². The second kappa shape index (κ2) is 7.68. The Balaban J connectivity index is 2.40. The lowest BCUT2D eigenvalue weighted by molar-refractivity contribution is -0.123. The van der Waals surface area contributed by atoms with E-state index in [0.29, 0.717) is 12.4 Å². The molecule has 3 N–H and O–H groups in total. The van der Waals surface area contributed by atoms with E-state index in [1.807, 2.05) is 24.3 Å². The van der Waals surface area contributed by atoms with Crippen molar-refractivity contribution in [2.24, 2.45) is 5.73 Å². The minimum Gasteiger partial charge on any atom is -0.481 e. The van der Waals surface area contributed by atoms with Gasteiger partial charge in [0.1, 0.15) is 5.75 Å². The normalized spacial score (nSPS) is 12.1. The number of carbonyl (C=O) groups excluding carboxylic acids is 1. The highest BCUT2D eigenvalue weighted by atomic mass is 16.5. The maximum absolute atomic E-state index is 10.8. The van der Waals surface area contributed by atoms with E-state index < -0.39 is 12.0 Å². The highest BCUT2D eigenvalue weighted by Gasteiger charge is 2.09. The van der Waals surface area contributed by atoms with Crippen LogP contribution >= 0.6 is 0 Å². The molecule has 1 unspecified atom stereocenters. The number of amides is 1. The third-order valence-electron chi connectivity index (χ3n) is 2.45. The summed E-state index contributed by atoms with van der Waals surface area (Å²) in [6.45, 7) is 3.91. The second-order valence-electron chi connectivity index (χ2n) is 3.98. The predicted octanol–water partition coefficient (Wildman–Crippen LogP) is 0.675. The largest absolute Gasteiger partial charge is 0.481 e. The van der Waals surface area contributed by atoms with Gasteiger partial charge in [-0.05, 0) is 24.6 Å². The van der Waals surface area contributed by atoms with Gasteiger partial charge >= 0.3 is 0 Å². The molecular weight excluding hydrogens is 232 g/mol. The number of nitrogens with two attached hydrogens (primary N) is 1. The van der Waals surface area contributed by atoms with Gasteiger partial charge < -0.3 is 20.5 Å². The van der Waals surface area contributed by atoms with Crippen molar-refractivity contribution >= 4 is 5.91 Å². The van der Waals surface area contributed by atoms with E-state index in [0.717, 1.165) is 18.7 Å². The molecule has 5 heteroatoms. The van der Waals surface area contributed by atoms with Gasteiger partial charge in [-0.25, -0.2) is 0 Å². The first-order valence-electron chi connectivity index (χ1n) is 5.88. The fourth-order valence-corrected chi connectivity index (χ4v) is 1.36. The van der Waals surface area contributed by atoms with Gasteiger partial charge in [0, 0.05) is 20.2 Å². The summed E-state index contributed by atoms with van der Waals surface area (Å²) < 4.78 is 10.3. The minimum absolute atomic E-state index is 0.472. The first kappa shape index (κ1) is 14.5. The number of carbonyl (C=O) groups is 1. The van der Waals surface area contributed by atoms with Gasteiger partial charge in [0.15, 0.2) is 6.10 Å². The Hall–Kier alpha value is -1.59. The van der Waals surface area contributed by atoms with Gasteiger partial charge in [-0.3, -0.25) is 4.79 Å². The van der Waals surface area contributed by atoms with Crippen LogP contribution in [-0.4, -0.2) is 32.3 Å². The van der Waals surface area contributed by atoms with Crippen LogP contribution in [-0.2, 0) is 16.1 Å². The summed E-state index contributed by atoms with van der Waals surface area (Å²) in [5, 5.41) is 3.24. The molecule has 0 spiro atoms. The Morgan fingerprint density at radius 2 is 2.06 bits per heavy atom.